The van der Waals surface area contributed by atoms with E-state index in [0.29, 0.717) is 12.6 Å². The van der Waals surface area contributed by atoms with Crippen molar-refractivity contribution in [3.05, 3.63) is 0 Å². The molecule has 0 atom stereocenters. The van der Waals surface area contributed by atoms with Gasteiger partial charge >= 0.3 is 0 Å². The Morgan fingerprint density at radius 2 is 2.20 bits per heavy atom. The molecule has 1 amide bonds. The Kier molecular flexibility index (Phi) is 5.05. The van der Waals surface area contributed by atoms with Gasteiger partial charge in [0, 0.05) is 25.2 Å². The van der Waals surface area contributed by atoms with Crippen LogP contribution in [0, 0.1) is 0 Å². The summed E-state index contributed by atoms with van der Waals surface area (Å²) >= 11 is 0. The molecule has 0 saturated carbocycles. The van der Waals surface area contributed by atoms with Crippen LogP contribution in [0.5, 0.6) is 0 Å². The van der Waals surface area contributed by atoms with Crippen molar-refractivity contribution in [2.24, 2.45) is 0 Å². The molecular weight excluding hydrogens is 190 g/mol. The van der Waals surface area contributed by atoms with Gasteiger partial charge < -0.3 is 10.6 Å². The average Bonchev–Trinajstić information content (AvgIpc) is 1.98. The molecule has 0 radical (unpaired) electrons. The summed E-state index contributed by atoms with van der Waals surface area (Å²) in [5, 5.41) is 6.17. The molecule has 4 heteroatoms. The predicted octanol–water partition coefficient (Wildman–Crippen LogP) is 0.195. The number of rotatable bonds is 6. The van der Waals surface area contributed by atoms with E-state index in [9.17, 15) is 4.79 Å². The van der Waals surface area contributed by atoms with Crippen molar-refractivity contribution >= 4 is 5.91 Å². The van der Waals surface area contributed by atoms with Gasteiger partial charge in [0.05, 0.1) is 6.54 Å². The third-order valence-corrected chi connectivity index (χ3v) is 2.58. The summed E-state index contributed by atoms with van der Waals surface area (Å²) in [7, 11) is 0. The molecule has 2 N–H and O–H groups in total. The Hall–Kier alpha value is -0.610. The van der Waals surface area contributed by atoms with Crippen LogP contribution in [0.3, 0.4) is 0 Å². The van der Waals surface area contributed by atoms with E-state index >= 15 is 0 Å². The lowest BCUT2D eigenvalue weighted by Crippen LogP contribution is -2.59. The highest BCUT2D eigenvalue weighted by Gasteiger charge is 2.25. The number of nitrogens with one attached hydrogen (secondary N) is 2. The van der Waals surface area contributed by atoms with Crippen LogP contribution in [0.15, 0.2) is 0 Å². The second-order valence-electron chi connectivity index (χ2n) is 4.50. The first-order valence-electron chi connectivity index (χ1n) is 5.87. The highest BCUT2D eigenvalue weighted by molar-refractivity contribution is 5.78. The molecular formula is C11H23N3O. The molecule has 1 saturated heterocycles. The summed E-state index contributed by atoms with van der Waals surface area (Å²) in [4.78, 5) is 13.9. The smallest absolute Gasteiger partial charge is 0.234 e. The summed E-state index contributed by atoms with van der Waals surface area (Å²) in [6.07, 6.45) is 1.10. The maximum absolute atomic E-state index is 11.6. The van der Waals surface area contributed by atoms with Crippen LogP contribution in [-0.2, 0) is 4.79 Å². The van der Waals surface area contributed by atoms with Gasteiger partial charge in [-0.25, -0.2) is 0 Å². The van der Waals surface area contributed by atoms with E-state index in [2.05, 4.69) is 22.5 Å². The minimum absolute atomic E-state index is 0.144. The Labute approximate surface area is 92.4 Å². The van der Waals surface area contributed by atoms with Crippen LogP contribution in [0.2, 0.25) is 0 Å². The van der Waals surface area contributed by atoms with Crippen molar-refractivity contribution < 1.29 is 4.79 Å². The number of amides is 1. The van der Waals surface area contributed by atoms with Gasteiger partial charge in [0.2, 0.25) is 5.91 Å². The molecule has 0 unspecified atom stereocenters. The SMILES string of the molecule is CCCN(CC(=O)NC(C)C)C1CNC1. The first-order valence-corrected chi connectivity index (χ1v) is 5.87. The lowest BCUT2D eigenvalue weighted by atomic mass is 10.1. The predicted molar refractivity (Wildman–Crippen MR) is 61.8 cm³/mol. The normalized spacial score (nSPS) is 16.9. The average molecular weight is 213 g/mol. The molecule has 0 bridgehead atoms. The molecule has 15 heavy (non-hydrogen) atoms. The van der Waals surface area contributed by atoms with Crippen molar-refractivity contribution in [2.45, 2.75) is 39.3 Å². The molecule has 0 aliphatic carbocycles. The molecule has 0 aromatic carbocycles. The van der Waals surface area contributed by atoms with Gasteiger partial charge in [0.15, 0.2) is 0 Å². The fraction of sp³-hybridized carbons (Fsp3) is 0.909. The summed E-state index contributed by atoms with van der Waals surface area (Å²) in [6.45, 7) is 9.74. The highest BCUT2D eigenvalue weighted by atomic mass is 16.2. The zero-order chi connectivity index (χ0) is 11.3. The maximum Gasteiger partial charge on any atom is 0.234 e. The zero-order valence-electron chi connectivity index (χ0n) is 10.0. The topological polar surface area (TPSA) is 44.4 Å². The maximum atomic E-state index is 11.6. The zero-order valence-corrected chi connectivity index (χ0v) is 10.0. The van der Waals surface area contributed by atoms with E-state index in [1.807, 2.05) is 13.8 Å². The van der Waals surface area contributed by atoms with Crippen molar-refractivity contribution in [1.29, 1.82) is 0 Å². The third-order valence-electron chi connectivity index (χ3n) is 2.58. The van der Waals surface area contributed by atoms with E-state index in [4.69, 9.17) is 0 Å². The number of carbonyl (C=O) groups is 1. The summed E-state index contributed by atoms with van der Waals surface area (Å²) in [5.41, 5.74) is 0. The van der Waals surface area contributed by atoms with Gasteiger partial charge in [-0.2, -0.15) is 0 Å². The quantitative estimate of drug-likeness (QED) is 0.662. The second kappa shape index (κ2) is 6.08. The van der Waals surface area contributed by atoms with Gasteiger partial charge in [-0.3, -0.25) is 9.69 Å². The Morgan fingerprint density at radius 1 is 1.53 bits per heavy atom. The number of nitrogens with zero attached hydrogens (tertiary/aromatic N) is 1. The number of hydrogen-bond donors (Lipinski definition) is 2. The van der Waals surface area contributed by atoms with Crippen LogP contribution in [0.25, 0.3) is 0 Å². The molecule has 0 spiro atoms. The van der Waals surface area contributed by atoms with Crippen LogP contribution in [-0.4, -0.2) is 49.1 Å². The van der Waals surface area contributed by atoms with Crippen LogP contribution < -0.4 is 10.6 Å². The van der Waals surface area contributed by atoms with Crippen LogP contribution >= 0.6 is 0 Å². The standard InChI is InChI=1S/C11H23N3O/c1-4-5-14(10-6-12-7-10)8-11(15)13-9(2)3/h9-10,12H,4-8H2,1-3H3,(H,13,15). The third kappa shape index (κ3) is 4.18. The van der Waals surface area contributed by atoms with Gasteiger partial charge in [0.1, 0.15) is 0 Å². The van der Waals surface area contributed by atoms with E-state index in [-0.39, 0.29) is 11.9 Å². The number of hydrogen-bond acceptors (Lipinski definition) is 3. The summed E-state index contributed by atoms with van der Waals surface area (Å²) in [5.74, 6) is 0.144. The Bertz CT molecular complexity index is 202. The number of carbonyl (C=O) groups excluding carboxylic acids is 1. The largest absolute Gasteiger partial charge is 0.353 e. The minimum Gasteiger partial charge on any atom is -0.353 e. The first kappa shape index (κ1) is 12.5. The van der Waals surface area contributed by atoms with E-state index in [1.54, 1.807) is 0 Å². The van der Waals surface area contributed by atoms with Crippen molar-refractivity contribution in [2.75, 3.05) is 26.2 Å². The van der Waals surface area contributed by atoms with Gasteiger partial charge in [-0.05, 0) is 26.8 Å². The summed E-state index contributed by atoms with van der Waals surface area (Å²) < 4.78 is 0. The Morgan fingerprint density at radius 3 is 2.60 bits per heavy atom. The van der Waals surface area contributed by atoms with Gasteiger partial charge in [0.25, 0.3) is 0 Å². The highest BCUT2D eigenvalue weighted by Crippen LogP contribution is 2.05. The molecule has 0 aromatic rings. The molecule has 1 fully saturated rings. The van der Waals surface area contributed by atoms with Gasteiger partial charge in [-0.15, -0.1) is 0 Å². The van der Waals surface area contributed by atoms with Crippen LogP contribution in [0.4, 0.5) is 0 Å². The van der Waals surface area contributed by atoms with E-state index < -0.39 is 0 Å². The molecule has 1 aliphatic rings. The van der Waals surface area contributed by atoms with Crippen LogP contribution in [0.1, 0.15) is 27.2 Å². The Balaban J connectivity index is 2.32. The molecule has 1 aliphatic heterocycles. The first-order chi connectivity index (χ1) is 7.13. The van der Waals surface area contributed by atoms with E-state index in [1.165, 1.54) is 0 Å². The lowest BCUT2D eigenvalue weighted by molar-refractivity contribution is -0.123. The minimum atomic E-state index is 0.144. The van der Waals surface area contributed by atoms with Crippen molar-refractivity contribution in [3.63, 3.8) is 0 Å². The monoisotopic (exact) mass is 213 g/mol. The molecule has 4 nitrogen and oxygen atoms in total. The lowest BCUT2D eigenvalue weighted by Gasteiger charge is -2.37. The summed E-state index contributed by atoms with van der Waals surface area (Å²) in [6, 6.07) is 0.795. The molecule has 88 valence electrons. The molecule has 1 rings (SSSR count). The fourth-order valence-corrected chi connectivity index (χ4v) is 1.76. The second-order valence-corrected chi connectivity index (χ2v) is 4.50. The fourth-order valence-electron chi connectivity index (χ4n) is 1.76. The molecule has 1 heterocycles. The van der Waals surface area contributed by atoms with Crippen molar-refractivity contribution in [1.82, 2.24) is 15.5 Å². The molecule has 0 aromatic heterocycles. The van der Waals surface area contributed by atoms with Gasteiger partial charge in [-0.1, -0.05) is 6.92 Å². The van der Waals surface area contributed by atoms with E-state index in [0.717, 1.165) is 26.1 Å². The van der Waals surface area contributed by atoms with Crippen molar-refractivity contribution in [3.8, 4) is 0 Å².